The number of H-pyrrole nitrogens is 1. The minimum absolute atomic E-state index is 0.182. The van der Waals surface area contributed by atoms with Crippen LogP contribution < -0.4 is 10.6 Å². The van der Waals surface area contributed by atoms with Gasteiger partial charge >= 0.3 is 0 Å². The van der Waals surface area contributed by atoms with Crippen molar-refractivity contribution in [1.82, 2.24) is 20.8 Å². The van der Waals surface area contributed by atoms with E-state index in [4.69, 9.17) is 0 Å². The highest BCUT2D eigenvalue weighted by atomic mass is 15.1. The van der Waals surface area contributed by atoms with Gasteiger partial charge < -0.3 is 10.6 Å². The molecule has 0 bridgehead atoms. The molecular weight excluding hydrogens is 200 g/mol. The highest BCUT2D eigenvalue weighted by molar-refractivity contribution is 5.13. The molecule has 0 aliphatic heterocycles. The van der Waals surface area contributed by atoms with Gasteiger partial charge in [-0.3, -0.25) is 5.10 Å². The third-order valence-corrected chi connectivity index (χ3v) is 2.51. The summed E-state index contributed by atoms with van der Waals surface area (Å²) < 4.78 is 0. The van der Waals surface area contributed by atoms with Gasteiger partial charge in [-0.25, -0.2) is 0 Å². The van der Waals surface area contributed by atoms with Gasteiger partial charge in [-0.05, 0) is 34.6 Å². The van der Waals surface area contributed by atoms with Crippen LogP contribution in [0.2, 0.25) is 0 Å². The Morgan fingerprint density at radius 1 is 1.44 bits per heavy atom. The average Bonchev–Trinajstić information content (AvgIpc) is 2.57. The molecule has 1 aromatic rings. The smallest absolute Gasteiger partial charge is 0.0535 e. The van der Waals surface area contributed by atoms with Crippen LogP contribution in [0.25, 0.3) is 0 Å². The van der Waals surface area contributed by atoms with Crippen LogP contribution >= 0.6 is 0 Å². The zero-order valence-electron chi connectivity index (χ0n) is 11.0. The predicted octanol–water partition coefficient (Wildman–Crippen LogP) is 1.58. The van der Waals surface area contributed by atoms with Crippen molar-refractivity contribution in [3.8, 4) is 0 Å². The van der Waals surface area contributed by atoms with Crippen molar-refractivity contribution in [2.45, 2.75) is 52.7 Å². The van der Waals surface area contributed by atoms with Crippen LogP contribution in [0.3, 0.4) is 0 Å². The van der Waals surface area contributed by atoms with Crippen molar-refractivity contribution in [3.05, 3.63) is 17.5 Å². The molecule has 0 aromatic carbocycles. The fourth-order valence-electron chi connectivity index (χ4n) is 1.37. The van der Waals surface area contributed by atoms with Crippen molar-refractivity contribution in [2.75, 3.05) is 6.54 Å². The van der Waals surface area contributed by atoms with Crippen LogP contribution in [0.1, 0.15) is 39.0 Å². The Morgan fingerprint density at radius 3 is 2.62 bits per heavy atom. The van der Waals surface area contributed by atoms with E-state index in [-0.39, 0.29) is 5.54 Å². The molecule has 1 rings (SSSR count). The number of hydrogen-bond acceptors (Lipinski definition) is 3. The first-order chi connectivity index (χ1) is 7.38. The first kappa shape index (κ1) is 13.2. The van der Waals surface area contributed by atoms with Crippen LogP contribution in [-0.4, -0.2) is 28.3 Å². The summed E-state index contributed by atoms with van der Waals surface area (Å²) in [6, 6.07) is 0.452. The summed E-state index contributed by atoms with van der Waals surface area (Å²) in [4.78, 5) is 0. The maximum absolute atomic E-state index is 4.00. The summed E-state index contributed by atoms with van der Waals surface area (Å²) in [5.74, 6) is 0. The highest BCUT2D eigenvalue weighted by Gasteiger charge is 2.11. The molecule has 1 unspecified atom stereocenters. The van der Waals surface area contributed by atoms with Crippen LogP contribution in [0, 0.1) is 6.92 Å². The van der Waals surface area contributed by atoms with E-state index in [2.05, 4.69) is 48.5 Å². The number of aryl methyl sites for hydroxylation is 1. The lowest BCUT2D eigenvalue weighted by Crippen LogP contribution is -2.44. The largest absolute Gasteiger partial charge is 0.311 e. The van der Waals surface area contributed by atoms with Crippen molar-refractivity contribution < 1.29 is 0 Å². The Balaban J connectivity index is 2.25. The SMILES string of the molecule is Cc1[nH]ncc1CNC(C)CNC(C)(C)C. The second-order valence-corrected chi connectivity index (χ2v) is 5.43. The Kier molecular flexibility index (Phi) is 4.50. The topological polar surface area (TPSA) is 52.7 Å². The lowest BCUT2D eigenvalue weighted by atomic mass is 10.1. The number of rotatable bonds is 5. The van der Waals surface area contributed by atoms with Gasteiger partial charge in [0.25, 0.3) is 0 Å². The van der Waals surface area contributed by atoms with Gasteiger partial charge in [0.15, 0.2) is 0 Å². The molecule has 0 aliphatic carbocycles. The molecule has 3 N–H and O–H groups in total. The molecule has 4 heteroatoms. The second-order valence-electron chi connectivity index (χ2n) is 5.43. The molecule has 1 heterocycles. The van der Waals surface area contributed by atoms with E-state index in [0.717, 1.165) is 18.8 Å². The lowest BCUT2D eigenvalue weighted by Gasteiger charge is -2.24. The normalized spacial score (nSPS) is 14.1. The minimum Gasteiger partial charge on any atom is -0.311 e. The van der Waals surface area contributed by atoms with E-state index in [0.29, 0.717) is 6.04 Å². The Hall–Kier alpha value is -0.870. The zero-order valence-corrected chi connectivity index (χ0v) is 11.0. The van der Waals surface area contributed by atoms with Crippen molar-refractivity contribution in [2.24, 2.45) is 0 Å². The summed E-state index contributed by atoms with van der Waals surface area (Å²) in [6.07, 6.45) is 1.88. The van der Waals surface area contributed by atoms with E-state index in [9.17, 15) is 0 Å². The van der Waals surface area contributed by atoms with Crippen LogP contribution in [0.15, 0.2) is 6.20 Å². The molecule has 0 saturated carbocycles. The Labute approximate surface area is 98.2 Å². The van der Waals surface area contributed by atoms with Gasteiger partial charge in [0.1, 0.15) is 0 Å². The number of nitrogens with zero attached hydrogens (tertiary/aromatic N) is 1. The molecule has 0 amide bonds. The summed E-state index contributed by atoms with van der Waals surface area (Å²) in [5.41, 5.74) is 2.56. The summed E-state index contributed by atoms with van der Waals surface area (Å²) in [7, 11) is 0. The summed E-state index contributed by atoms with van der Waals surface area (Å²) >= 11 is 0. The maximum Gasteiger partial charge on any atom is 0.0535 e. The van der Waals surface area contributed by atoms with Gasteiger partial charge in [-0.1, -0.05) is 0 Å². The Morgan fingerprint density at radius 2 is 2.12 bits per heavy atom. The van der Waals surface area contributed by atoms with E-state index in [1.165, 1.54) is 5.56 Å². The average molecular weight is 224 g/mol. The van der Waals surface area contributed by atoms with Gasteiger partial charge in [0.2, 0.25) is 0 Å². The van der Waals surface area contributed by atoms with E-state index >= 15 is 0 Å². The van der Waals surface area contributed by atoms with Crippen LogP contribution in [-0.2, 0) is 6.54 Å². The lowest BCUT2D eigenvalue weighted by molar-refractivity contribution is 0.387. The molecule has 0 radical (unpaired) electrons. The molecule has 0 aliphatic rings. The molecule has 0 saturated heterocycles. The summed E-state index contributed by atoms with van der Waals surface area (Å²) in [6.45, 7) is 12.6. The zero-order chi connectivity index (χ0) is 12.2. The second kappa shape index (κ2) is 5.46. The Bertz CT molecular complexity index is 311. The fraction of sp³-hybridized carbons (Fsp3) is 0.750. The molecule has 1 atom stereocenters. The number of hydrogen-bond donors (Lipinski definition) is 3. The molecule has 0 fully saturated rings. The van der Waals surface area contributed by atoms with E-state index in [1.54, 1.807) is 0 Å². The molecule has 4 nitrogen and oxygen atoms in total. The number of aromatic amines is 1. The van der Waals surface area contributed by atoms with Gasteiger partial charge in [-0.2, -0.15) is 5.10 Å². The predicted molar refractivity (Wildman–Crippen MR) is 67.4 cm³/mol. The standard InChI is InChI=1S/C12H24N4/c1-9(6-14-12(3,4)5)13-7-11-8-15-16-10(11)2/h8-9,13-14H,6-7H2,1-5H3,(H,15,16). The third-order valence-electron chi connectivity index (χ3n) is 2.51. The quantitative estimate of drug-likeness (QED) is 0.712. The van der Waals surface area contributed by atoms with Gasteiger partial charge in [0, 0.05) is 35.9 Å². The first-order valence-electron chi connectivity index (χ1n) is 5.86. The maximum atomic E-state index is 4.00. The number of aromatic nitrogens is 2. The third kappa shape index (κ3) is 4.77. The molecule has 16 heavy (non-hydrogen) atoms. The fourth-order valence-corrected chi connectivity index (χ4v) is 1.37. The number of nitrogens with one attached hydrogen (secondary N) is 3. The molecule has 0 spiro atoms. The van der Waals surface area contributed by atoms with E-state index in [1.807, 2.05) is 13.1 Å². The van der Waals surface area contributed by atoms with Gasteiger partial charge in [0.05, 0.1) is 6.20 Å². The first-order valence-corrected chi connectivity index (χ1v) is 5.86. The molecule has 92 valence electrons. The van der Waals surface area contributed by atoms with Gasteiger partial charge in [-0.15, -0.1) is 0 Å². The molecule has 1 aromatic heterocycles. The van der Waals surface area contributed by atoms with Crippen molar-refractivity contribution in [1.29, 1.82) is 0 Å². The van der Waals surface area contributed by atoms with Crippen LogP contribution in [0.5, 0.6) is 0 Å². The summed E-state index contributed by atoms with van der Waals surface area (Å²) in [5, 5.41) is 13.9. The minimum atomic E-state index is 0.182. The van der Waals surface area contributed by atoms with Crippen molar-refractivity contribution >= 4 is 0 Å². The monoisotopic (exact) mass is 224 g/mol. The molecular formula is C12H24N4. The van der Waals surface area contributed by atoms with E-state index < -0.39 is 0 Å². The highest BCUT2D eigenvalue weighted by Crippen LogP contribution is 2.02. The van der Waals surface area contributed by atoms with Crippen LogP contribution in [0.4, 0.5) is 0 Å². The van der Waals surface area contributed by atoms with Crippen molar-refractivity contribution in [3.63, 3.8) is 0 Å².